The van der Waals surface area contributed by atoms with Crippen LogP contribution >= 0.6 is 23.2 Å². The van der Waals surface area contributed by atoms with Crippen molar-refractivity contribution in [3.05, 3.63) is 90.0 Å². The summed E-state index contributed by atoms with van der Waals surface area (Å²) >= 11 is 12.0. The van der Waals surface area contributed by atoms with Crippen LogP contribution in [0.3, 0.4) is 0 Å². The molecule has 0 radical (unpaired) electrons. The number of benzene rings is 2. The molecule has 25 heavy (non-hydrogen) atoms. The topological polar surface area (TPSA) is 75.1 Å². The quantitative estimate of drug-likeness (QED) is 0.734. The van der Waals surface area contributed by atoms with Gasteiger partial charge in [-0.05, 0) is 36.2 Å². The zero-order valence-corrected chi connectivity index (χ0v) is 14.7. The lowest BCUT2D eigenvalue weighted by Gasteiger charge is -2.14. The van der Waals surface area contributed by atoms with Gasteiger partial charge in [0.25, 0.3) is 5.56 Å². The van der Waals surface area contributed by atoms with E-state index in [0.717, 1.165) is 10.1 Å². The Morgan fingerprint density at radius 2 is 1.84 bits per heavy atom. The van der Waals surface area contributed by atoms with Crippen molar-refractivity contribution < 1.29 is 5.11 Å². The molecule has 128 valence electrons. The van der Waals surface area contributed by atoms with Crippen LogP contribution in [0.2, 0.25) is 10.0 Å². The summed E-state index contributed by atoms with van der Waals surface area (Å²) in [7, 11) is 0. The summed E-state index contributed by atoms with van der Waals surface area (Å²) in [6.07, 6.45) is 0.0589. The number of halogens is 2. The van der Waals surface area contributed by atoms with Crippen LogP contribution < -0.4 is 11.2 Å². The summed E-state index contributed by atoms with van der Waals surface area (Å²) in [5.41, 5.74) is 0.571. The van der Waals surface area contributed by atoms with E-state index in [0.29, 0.717) is 21.3 Å². The predicted octanol–water partition coefficient (Wildman–Crippen LogP) is 3.44. The predicted molar refractivity (Wildman–Crippen MR) is 98.3 cm³/mol. The number of rotatable bonds is 3. The number of aromatic nitrogens is 2. The molecule has 3 aromatic rings. The van der Waals surface area contributed by atoms with E-state index >= 15 is 0 Å². The van der Waals surface area contributed by atoms with Crippen molar-refractivity contribution in [3.8, 4) is 11.6 Å². The van der Waals surface area contributed by atoms with Gasteiger partial charge in [0.15, 0.2) is 0 Å². The molecule has 5 nitrogen and oxygen atoms in total. The van der Waals surface area contributed by atoms with Crippen LogP contribution in [-0.2, 0) is 6.42 Å². The Kier molecular flexibility index (Phi) is 4.70. The van der Waals surface area contributed by atoms with Crippen LogP contribution in [-0.4, -0.2) is 14.7 Å². The van der Waals surface area contributed by atoms with Crippen LogP contribution in [0.15, 0.2) is 52.1 Å². The van der Waals surface area contributed by atoms with E-state index in [1.807, 2.05) is 19.1 Å². The van der Waals surface area contributed by atoms with E-state index in [4.69, 9.17) is 23.2 Å². The monoisotopic (exact) mass is 376 g/mol. The maximum absolute atomic E-state index is 12.2. The van der Waals surface area contributed by atoms with Gasteiger partial charge in [-0.3, -0.25) is 9.78 Å². The fraction of sp³-hybridized carbons (Fsp3) is 0.111. The van der Waals surface area contributed by atoms with Crippen LogP contribution in [0.1, 0.15) is 16.7 Å². The van der Waals surface area contributed by atoms with Crippen molar-refractivity contribution in [3.63, 3.8) is 0 Å². The third-order valence-corrected chi connectivity index (χ3v) is 4.51. The minimum Gasteiger partial charge on any atom is -0.494 e. The first-order valence-electron chi connectivity index (χ1n) is 7.45. The molecule has 7 heteroatoms. The molecule has 0 aliphatic rings. The third-order valence-electron chi connectivity index (χ3n) is 3.92. The first kappa shape index (κ1) is 17.3. The number of para-hydroxylation sites is 1. The van der Waals surface area contributed by atoms with Gasteiger partial charge in [0, 0.05) is 16.5 Å². The molecule has 0 unspecified atom stereocenters. The molecule has 0 spiro atoms. The number of H-pyrrole nitrogens is 1. The van der Waals surface area contributed by atoms with E-state index in [-0.39, 0.29) is 12.0 Å². The Morgan fingerprint density at radius 3 is 2.52 bits per heavy atom. The van der Waals surface area contributed by atoms with E-state index in [1.54, 1.807) is 30.3 Å². The van der Waals surface area contributed by atoms with Gasteiger partial charge in [0.2, 0.25) is 5.88 Å². The van der Waals surface area contributed by atoms with Gasteiger partial charge in [0.05, 0.1) is 11.3 Å². The van der Waals surface area contributed by atoms with Gasteiger partial charge in [0.1, 0.15) is 0 Å². The molecule has 0 fully saturated rings. The number of hydrogen-bond acceptors (Lipinski definition) is 3. The highest BCUT2D eigenvalue weighted by molar-refractivity contribution is 6.35. The van der Waals surface area contributed by atoms with E-state index in [2.05, 4.69) is 4.98 Å². The molecule has 0 saturated carbocycles. The lowest BCUT2D eigenvalue weighted by atomic mass is 10.1. The first-order chi connectivity index (χ1) is 11.9. The lowest BCUT2D eigenvalue weighted by molar-refractivity contribution is 0.424. The number of nitrogens with one attached hydrogen (secondary N) is 1. The maximum atomic E-state index is 12.2. The second-order valence-electron chi connectivity index (χ2n) is 5.60. The fourth-order valence-corrected chi connectivity index (χ4v) is 3.09. The third kappa shape index (κ3) is 3.34. The highest BCUT2D eigenvalue weighted by Gasteiger charge is 2.18. The normalized spacial score (nSPS) is 10.8. The zero-order valence-electron chi connectivity index (χ0n) is 13.2. The summed E-state index contributed by atoms with van der Waals surface area (Å²) in [6, 6.07) is 11.9. The fourth-order valence-electron chi connectivity index (χ4n) is 2.61. The number of aromatic hydroxyl groups is 1. The molecule has 3 rings (SSSR count). The molecule has 0 atom stereocenters. The van der Waals surface area contributed by atoms with Gasteiger partial charge < -0.3 is 5.11 Å². The van der Waals surface area contributed by atoms with Crippen molar-refractivity contribution in [1.29, 1.82) is 0 Å². The van der Waals surface area contributed by atoms with Gasteiger partial charge in [-0.1, -0.05) is 47.5 Å². The Balaban J connectivity index is 2.19. The second-order valence-corrected chi connectivity index (χ2v) is 6.44. The number of aryl methyl sites for hydroxylation is 1. The lowest BCUT2D eigenvalue weighted by Crippen LogP contribution is -2.31. The first-order valence-corrected chi connectivity index (χ1v) is 8.21. The molecule has 2 aromatic carbocycles. The van der Waals surface area contributed by atoms with Gasteiger partial charge in [-0.2, -0.15) is 0 Å². The largest absolute Gasteiger partial charge is 0.494 e. The van der Waals surface area contributed by atoms with Crippen LogP contribution in [0.5, 0.6) is 5.88 Å². The molecule has 0 aliphatic carbocycles. The molecule has 2 N–H and O–H groups in total. The standard InChI is InChI=1S/C18H14Cl2N2O3/c1-10-4-2-3-5-15(10)22-17(24)13(16(23)21-18(22)25)8-11-6-7-12(19)9-14(11)20/h2-7,9,24H,8H2,1H3,(H,21,23,25). The Hall–Kier alpha value is -2.50. The summed E-state index contributed by atoms with van der Waals surface area (Å²) in [5, 5.41) is 11.5. The van der Waals surface area contributed by atoms with Crippen molar-refractivity contribution >= 4 is 23.2 Å². The van der Waals surface area contributed by atoms with Gasteiger partial charge in [-0.15, -0.1) is 0 Å². The van der Waals surface area contributed by atoms with E-state index in [9.17, 15) is 14.7 Å². The molecule has 0 saturated heterocycles. The van der Waals surface area contributed by atoms with Gasteiger partial charge in [-0.25, -0.2) is 9.36 Å². The summed E-state index contributed by atoms with van der Waals surface area (Å²) < 4.78 is 1.08. The summed E-state index contributed by atoms with van der Waals surface area (Å²) in [6.45, 7) is 1.81. The van der Waals surface area contributed by atoms with E-state index in [1.165, 1.54) is 0 Å². The molecule has 1 heterocycles. The smallest absolute Gasteiger partial charge is 0.335 e. The number of aromatic amines is 1. The van der Waals surface area contributed by atoms with Crippen molar-refractivity contribution in [2.45, 2.75) is 13.3 Å². The minimum absolute atomic E-state index is 0.0482. The molecule has 0 bridgehead atoms. The average Bonchev–Trinajstić information content (AvgIpc) is 2.54. The summed E-state index contributed by atoms with van der Waals surface area (Å²) in [5.74, 6) is -0.408. The number of hydrogen-bond donors (Lipinski definition) is 2. The van der Waals surface area contributed by atoms with Crippen molar-refractivity contribution in [1.82, 2.24) is 9.55 Å². The van der Waals surface area contributed by atoms with Crippen LogP contribution in [0.4, 0.5) is 0 Å². The molecular formula is C18H14Cl2N2O3. The Labute approximate surface area is 153 Å². The number of nitrogens with zero attached hydrogens (tertiary/aromatic N) is 1. The average molecular weight is 377 g/mol. The van der Waals surface area contributed by atoms with E-state index < -0.39 is 17.1 Å². The summed E-state index contributed by atoms with van der Waals surface area (Å²) in [4.78, 5) is 26.7. The SMILES string of the molecule is Cc1ccccc1-n1c(O)c(Cc2ccc(Cl)cc2Cl)c(=O)[nH]c1=O. The molecular weight excluding hydrogens is 363 g/mol. The molecule has 1 aromatic heterocycles. The minimum atomic E-state index is -0.706. The maximum Gasteiger partial charge on any atom is 0.335 e. The van der Waals surface area contributed by atoms with Crippen molar-refractivity contribution in [2.24, 2.45) is 0 Å². The highest BCUT2D eigenvalue weighted by atomic mass is 35.5. The zero-order chi connectivity index (χ0) is 18.1. The van der Waals surface area contributed by atoms with Crippen LogP contribution in [0, 0.1) is 6.92 Å². The molecule has 0 aliphatic heterocycles. The second kappa shape index (κ2) is 6.78. The molecule has 0 amide bonds. The highest BCUT2D eigenvalue weighted by Crippen LogP contribution is 2.26. The van der Waals surface area contributed by atoms with Crippen LogP contribution in [0.25, 0.3) is 5.69 Å². The van der Waals surface area contributed by atoms with Gasteiger partial charge >= 0.3 is 5.69 Å². The Bertz CT molecular complexity index is 1070. The van der Waals surface area contributed by atoms with Crippen molar-refractivity contribution in [2.75, 3.05) is 0 Å². The Morgan fingerprint density at radius 1 is 1.12 bits per heavy atom.